The average Bonchev–Trinajstić information content (AvgIpc) is 2.70. The number of aryl methyl sites for hydroxylation is 1. The Kier molecular flexibility index (Phi) is 5.89. The van der Waals surface area contributed by atoms with Gasteiger partial charge in [0.05, 0.1) is 28.7 Å². The fraction of sp³-hybridized carbons (Fsp3) is 0.190. The number of fused-ring (bicyclic) bond motifs is 1. The molecule has 3 rings (SSSR count). The molecule has 0 aliphatic carbocycles. The van der Waals surface area contributed by atoms with E-state index in [9.17, 15) is 14.4 Å². The number of aromatic nitrogens is 1. The highest BCUT2D eigenvalue weighted by atomic mass is 35.5. The summed E-state index contributed by atoms with van der Waals surface area (Å²) in [7, 11) is 1.51. The first-order valence-corrected chi connectivity index (χ1v) is 9.31. The number of anilines is 2. The van der Waals surface area contributed by atoms with E-state index in [1.54, 1.807) is 30.3 Å². The number of hydrogen-bond acceptors (Lipinski definition) is 4. The van der Waals surface area contributed by atoms with Crippen molar-refractivity contribution >= 4 is 45.7 Å². The smallest absolute Gasteiger partial charge is 0.261 e. The summed E-state index contributed by atoms with van der Waals surface area (Å²) in [6.07, 6.45) is 1.53. The third-order valence-corrected chi connectivity index (χ3v) is 4.74. The van der Waals surface area contributed by atoms with E-state index in [-0.39, 0.29) is 22.2 Å². The van der Waals surface area contributed by atoms with E-state index in [0.29, 0.717) is 28.9 Å². The molecule has 0 saturated carbocycles. The maximum absolute atomic E-state index is 13.0. The molecule has 0 spiro atoms. The number of pyridine rings is 1. The van der Waals surface area contributed by atoms with Crippen LogP contribution in [0.4, 0.5) is 11.4 Å². The van der Waals surface area contributed by atoms with E-state index in [2.05, 4.69) is 10.6 Å². The second-order valence-electron chi connectivity index (χ2n) is 6.37. The van der Waals surface area contributed by atoms with Crippen LogP contribution >= 0.6 is 11.6 Å². The Morgan fingerprint density at radius 2 is 1.90 bits per heavy atom. The van der Waals surface area contributed by atoms with Crippen LogP contribution < -0.4 is 20.8 Å². The molecule has 8 heteroatoms. The summed E-state index contributed by atoms with van der Waals surface area (Å²) in [6, 6.07) is 9.87. The van der Waals surface area contributed by atoms with Crippen molar-refractivity contribution in [3.8, 4) is 5.75 Å². The number of benzene rings is 2. The van der Waals surface area contributed by atoms with E-state index in [0.717, 1.165) is 0 Å². The Morgan fingerprint density at radius 3 is 2.55 bits per heavy atom. The lowest BCUT2D eigenvalue weighted by Crippen LogP contribution is -2.24. The number of methoxy groups -OCH3 is 1. The van der Waals surface area contributed by atoms with E-state index in [4.69, 9.17) is 16.3 Å². The van der Waals surface area contributed by atoms with Gasteiger partial charge in [-0.3, -0.25) is 14.4 Å². The van der Waals surface area contributed by atoms with Gasteiger partial charge in [0.2, 0.25) is 11.3 Å². The fourth-order valence-corrected chi connectivity index (χ4v) is 3.18. The van der Waals surface area contributed by atoms with Crippen LogP contribution in [0.5, 0.6) is 5.75 Å². The zero-order chi connectivity index (χ0) is 21.1. The molecule has 0 fully saturated rings. The van der Waals surface area contributed by atoms with Gasteiger partial charge in [-0.15, -0.1) is 0 Å². The quantitative estimate of drug-likeness (QED) is 0.664. The highest BCUT2D eigenvalue weighted by Gasteiger charge is 2.17. The molecular formula is C21H20ClN3O4. The van der Waals surface area contributed by atoms with E-state index in [1.165, 1.54) is 26.3 Å². The first-order valence-electron chi connectivity index (χ1n) is 8.93. The van der Waals surface area contributed by atoms with E-state index >= 15 is 0 Å². The van der Waals surface area contributed by atoms with Crippen LogP contribution in [-0.2, 0) is 11.3 Å². The van der Waals surface area contributed by atoms with Crippen molar-refractivity contribution in [2.75, 3.05) is 17.7 Å². The number of ether oxygens (including phenoxy) is 1. The average molecular weight is 414 g/mol. The first kappa shape index (κ1) is 20.4. The zero-order valence-corrected chi connectivity index (χ0v) is 17.0. The second-order valence-corrected chi connectivity index (χ2v) is 6.78. The number of carbonyl (C=O) groups is 2. The van der Waals surface area contributed by atoms with Crippen LogP contribution in [-0.4, -0.2) is 23.5 Å². The molecule has 1 heterocycles. The van der Waals surface area contributed by atoms with Crippen molar-refractivity contribution in [1.29, 1.82) is 0 Å². The predicted octanol–water partition coefficient (Wildman–Crippen LogP) is 3.89. The second kappa shape index (κ2) is 8.36. The van der Waals surface area contributed by atoms with Gasteiger partial charge in [0.25, 0.3) is 5.91 Å². The largest absolute Gasteiger partial charge is 0.497 e. The van der Waals surface area contributed by atoms with Gasteiger partial charge in [0, 0.05) is 25.4 Å². The van der Waals surface area contributed by atoms with Crippen molar-refractivity contribution in [2.45, 2.75) is 20.4 Å². The van der Waals surface area contributed by atoms with Crippen molar-refractivity contribution < 1.29 is 14.3 Å². The maximum Gasteiger partial charge on any atom is 0.261 e. The predicted molar refractivity (Wildman–Crippen MR) is 114 cm³/mol. The summed E-state index contributed by atoms with van der Waals surface area (Å²) in [5.41, 5.74) is 1.05. The SMILES string of the molecule is CCn1cc(C(=O)Nc2cc(NC(C)=O)ccc2Cl)c(=O)c2cc(OC)ccc21. The minimum absolute atomic E-state index is 0.0198. The number of amides is 2. The lowest BCUT2D eigenvalue weighted by atomic mass is 10.1. The molecule has 2 aromatic carbocycles. The molecular weight excluding hydrogens is 394 g/mol. The Labute approximate surface area is 172 Å². The number of hydrogen-bond donors (Lipinski definition) is 2. The standard InChI is InChI=1S/C21H20ClN3O4/c1-4-25-11-16(20(27)15-10-14(29-3)6-8-19(15)25)21(28)24-18-9-13(23-12(2)26)5-7-17(18)22/h5-11H,4H2,1-3H3,(H,23,26)(H,24,28). The van der Waals surface area contributed by atoms with Gasteiger partial charge in [-0.25, -0.2) is 0 Å². The number of nitrogens with one attached hydrogen (secondary N) is 2. The van der Waals surface area contributed by atoms with E-state index in [1.807, 2.05) is 11.5 Å². The molecule has 0 unspecified atom stereocenters. The van der Waals surface area contributed by atoms with Crippen molar-refractivity contribution in [3.63, 3.8) is 0 Å². The van der Waals surface area contributed by atoms with Gasteiger partial charge in [0.15, 0.2) is 0 Å². The monoisotopic (exact) mass is 413 g/mol. The molecule has 2 amide bonds. The molecule has 0 radical (unpaired) electrons. The molecule has 7 nitrogen and oxygen atoms in total. The first-order chi connectivity index (χ1) is 13.8. The molecule has 29 heavy (non-hydrogen) atoms. The topological polar surface area (TPSA) is 89.4 Å². The highest BCUT2D eigenvalue weighted by molar-refractivity contribution is 6.34. The number of nitrogens with zero attached hydrogens (tertiary/aromatic N) is 1. The molecule has 3 aromatic rings. The van der Waals surface area contributed by atoms with Crippen LogP contribution in [0.3, 0.4) is 0 Å². The molecule has 150 valence electrons. The molecule has 0 aliphatic heterocycles. The van der Waals surface area contributed by atoms with Gasteiger partial charge in [-0.2, -0.15) is 0 Å². The van der Waals surface area contributed by atoms with Crippen LogP contribution in [0.15, 0.2) is 47.4 Å². The molecule has 0 bridgehead atoms. The molecule has 1 aromatic heterocycles. The Bertz CT molecular complexity index is 1170. The Balaban J connectivity index is 2.04. The van der Waals surface area contributed by atoms with Gasteiger partial charge >= 0.3 is 0 Å². The maximum atomic E-state index is 13.0. The van der Waals surface area contributed by atoms with Crippen LogP contribution in [0, 0.1) is 0 Å². The third kappa shape index (κ3) is 4.25. The minimum atomic E-state index is -0.594. The number of halogens is 1. The highest BCUT2D eigenvalue weighted by Crippen LogP contribution is 2.26. The van der Waals surface area contributed by atoms with Gasteiger partial charge in [-0.1, -0.05) is 11.6 Å². The molecule has 0 atom stereocenters. The summed E-state index contributed by atoms with van der Waals surface area (Å²) in [6.45, 7) is 3.87. The summed E-state index contributed by atoms with van der Waals surface area (Å²) < 4.78 is 7.03. The van der Waals surface area contributed by atoms with Gasteiger partial charge < -0.3 is 19.9 Å². The van der Waals surface area contributed by atoms with E-state index < -0.39 is 11.3 Å². The Morgan fingerprint density at radius 1 is 1.14 bits per heavy atom. The lowest BCUT2D eigenvalue weighted by Gasteiger charge is -2.13. The summed E-state index contributed by atoms with van der Waals surface area (Å²) in [5.74, 6) is -0.316. The van der Waals surface area contributed by atoms with Gasteiger partial charge in [-0.05, 0) is 43.3 Å². The Hall–Kier alpha value is -3.32. The fourth-order valence-electron chi connectivity index (χ4n) is 3.02. The zero-order valence-electron chi connectivity index (χ0n) is 16.2. The van der Waals surface area contributed by atoms with Crippen molar-refractivity contribution in [2.24, 2.45) is 0 Å². The van der Waals surface area contributed by atoms with Crippen molar-refractivity contribution in [1.82, 2.24) is 4.57 Å². The van der Waals surface area contributed by atoms with Crippen molar-refractivity contribution in [3.05, 3.63) is 63.4 Å². The number of carbonyl (C=O) groups excluding carboxylic acids is 2. The summed E-state index contributed by atoms with van der Waals surface area (Å²) in [4.78, 5) is 37.1. The number of rotatable bonds is 5. The normalized spacial score (nSPS) is 10.6. The molecule has 0 aliphatic rings. The third-order valence-electron chi connectivity index (χ3n) is 4.41. The minimum Gasteiger partial charge on any atom is -0.497 e. The van der Waals surface area contributed by atoms with Gasteiger partial charge in [0.1, 0.15) is 11.3 Å². The molecule has 0 saturated heterocycles. The van der Waals surface area contributed by atoms with Crippen LogP contribution in [0.1, 0.15) is 24.2 Å². The molecule has 2 N–H and O–H groups in total. The van der Waals surface area contributed by atoms with Crippen LogP contribution in [0.2, 0.25) is 5.02 Å². The lowest BCUT2D eigenvalue weighted by molar-refractivity contribution is -0.114. The summed E-state index contributed by atoms with van der Waals surface area (Å²) >= 11 is 6.17. The van der Waals surface area contributed by atoms with Crippen LogP contribution in [0.25, 0.3) is 10.9 Å². The summed E-state index contributed by atoms with van der Waals surface area (Å²) in [5, 5.41) is 5.95.